The molecule has 1 aliphatic rings. The van der Waals surface area contributed by atoms with E-state index in [2.05, 4.69) is 5.32 Å². The van der Waals surface area contributed by atoms with Gasteiger partial charge >= 0.3 is 0 Å². The summed E-state index contributed by atoms with van der Waals surface area (Å²) in [5.41, 5.74) is 1.38. The van der Waals surface area contributed by atoms with Gasteiger partial charge in [-0.3, -0.25) is 4.79 Å². The summed E-state index contributed by atoms with van der Waals surface area (Å²) in [6.07, 6.45) is 0.266. The molecular weight excluding hydrogens is 218 g/mol. The van der Waals surface area contributed by atoms with Gasteiger partial charge in [0.05, 0.1) is 31.4 Å². The fourth-order valence-corrected chi connectivity index (χ4v) is 1.91. The van der Waals surface area contributed by atoms with Gasteiger partial charge in [0.25, 0.3) is 0 Å². The molecular formula is C10H10ClNO3. The predicted octanol–water partition coefficient (Wildman–Crippen LogP) is 1.85. The lowest BCUT2D eigenvalue weighted by Gasteiger charge is -2.11. The van der Waals surface area contributed by atoms with Crippen LogP contribution in [0, 0.1) is 0 Å². The molecule has 1 aromatic carbocycles. The molecule has 15 heavy (non-hydrogen) atoms. The number of ether oxygens (including phenoxy) is 2. The quantitative estimate of drug-likeness (QED) is 0.839. The first kappa shape index (κ1) is 10.1. The summed E-state index contributed by atoms with van der Waals surface area (Å²) in [5.74, 6) is 0.999. The molecule has 1 aliphatic heterocycles. The zero-order chi connectivity index (χ0) is 11.0. The summed E-state index contributed by atoms with van der Waals surface area (Å²) in [5, 5.41) is 3.17. The molecule has 0 aromatic heterocycles. The highest BCUT2D eigenvalue weighted by Gasteiger charge is 2.26. The number of nitrogens with one attached hydrogen (secondary N) is 1. The Bertz CT molecular complexity index is 431. The van der Waals surface area contributed by atoms with Crippen LogP contribution in [0.1, 0.15) is 5.56 Å². The van der Waals surface area contributed by atoms with Gasteiger partial charge in [-0.2, -0.15) is 0 Å². The minimum atomic E-state index is -0.0848. The van der Waals surface area contributed by atoms with Crippen LogP contribution in [0.4, 0.5) is 5.69 Å². The lowest BCUT2D eigenvalue weighted by molar-refractivity contribution is -0.115. The predicted molar refractivity (Wildman–Crippen MR) is 56.9 cm³/mol. The molecule has 0 saturated carbocycles. The van der Waals surface area contributed by atoms with E-state index in [-0.39, 0.29) is 12.3 Å². The highest BCUT2D eigenvalue weighted by Crippen LogP contribution is 2.43. The van der Waals surface area contributed by atoms with E-state index in [1.165, 1.54) is 14.2 Å². The zero-order valence-electron chi connectivity index (χ0n) is 8.39. The van der Waals surface area contributed by atoms with E-state index in [9.17, 15) is 4.79 Å². The van der Waals surface area contributed by atoms with Crippen LogP contribution in [0.2, 0.25) is 5.02 Å². The molecule has 5 heteroatoms. The molecule has 0 bridgehead atoms. The Kier molecular flexibility index (Phi) is 2.44. The van der Waals surface area contributed by atoms with Gasteiger partial charge in [0, 0.05) is 11.6 Å². The van der Waals surface area contributed by atoms with Gasteiger partial charge < -0.3 is 14.8 Å². The van der Waals surface area contributed by atoms with Crippen LogP contribution < -0.4 is 14.8 Å². The van der Waals surface area contributed by atoms with Crippen molar-refractivity contribution in [1.29, 1.82) is 0 Å². The molecule has 1 heterocycles. The number of amides is 1. The second kappa shape index (κ2) is 3.62. The SMILES string of the molecule is COc1cc(OC)c2c(c1Cl)CC(=O)N2. The molecule has 4 nitrogen and oxygen atoms in total. The van der Waals surface area contributed by atoms with Crippen LogP contribution in [0.25, 0.3) is 0 Å². The van der Waals surface area contributed by atoms with Crippen molar-refractivity contribution in [3.8, 4) is 11.5 Å². The third-order valence-corrected chi connectivity index (χ3v) is 2.75. The summed E-state index contributed by atoms with van der Waals surface area (Å²) in [6.45, 7) is 0. The van der Waals surface area contributed by atoms with E-state index in [4.69, 9.17) is 21.1 Å². The molecule has 2 rings (SSSR count). The van der Waals surface area contributed by atoms with Crippen LogP contribution in [0.5, 0.6) is 11.5 Å². The largest absolute Gasteiger partial charge is 0.495 e. The lowest BCUT2D eigenvalue weighted by Crippen LogP contribution is -2.04. The molecule has 0 atom stereocenters. The Labute approximate surface area is 92.1 Å². The maximum absolute atomic E-state index is 11.3. The van der Waals surface area contributed by atoms with Gasteiger partial charge in [0.1, 0.15) is 11.5 Å². The van der Waals surface area contributed by atoms with Gasteiger partial charge in [-0.15, -0.1) is 0 Å². The fourth-order valence-electron chi connectivity index (χ4n) is 1.62. The average Bonchev–Trinajstić information content (AvgIpc) is 2.61. The number of rotatable bonds is 2. The van der Waals surface area contributed by atoms with Crippen molar-refractivity contribution < 1.29 is 14.3 Å². The van der Waals surface area contributed by atoms with Crippen molar-refractivity contribution in [3.63, 3.8) is 0 Å². The molecule has 80 valence electrons. The molecule has 0 spiro atoms. The number of hydrogen-bond acceptors (Lipinski definition) is 3. The number of hydrogen-bond donors (Lipinski definition) is 1. The molecule has 1 amide bonds. The number of carbonyl (C=O) groups excluding carboxylic acids is 1. The number of methoxy groups -OCH3 is 2. The Balaban J connectivity index is 2.62. The number of anilines is 1. The van der Waals surface area contributed by atoms with E-state index >= 15 is 0 Å². The second-order valence-electron chi connectivity index (χ2n) is 3.17. The summed E-state index contributed by atoms with van der Waals surface area (Å²) < 4.78 is 10.2. The Morgan fingerprint density at radius 1 is 1.33 bits per heavy atom. The highest BCUT2D eigenvalue weighted by atomic mass is 35.5. The standard InChI is InChI=1S/C10H10ClNO3/c1-14-6-4-7(15-2)10-5(9(6)11)3-8(13)12-10/h4H,3H2,1-2H3,(H,12,13). The van der Waals surface area contributed by atoms with E-state index in [0.29, 0.717) is 22.2 Å². The van der Waals surface area contributed by atoms with Crippen molar-refractivity contribution in [2.24, 2.45) is 0 Å². The van der Waals surface area contributed by atoms with Crippen LogP contribution in [0.3, 0.4) is 0 Å². The number of fused-ring (bicyclic) bond motifs is 1. The van der Waals surface area contributed by atoms with Crippen molar-refractivity contribution in [3.05, 3.63) is 16.7 Å². The van der Waals surface area contributed by atoms with Crippen molar-refractivity contribution in [1.82, 2.24) is 0 Å². The Morgan fingerprint density at radius 3 is 2.60 bits per heavy atom. The maximum Gasteiger partial charge on any atom is 0.229 e. The van der Waals surface area contributed by atoms with Gasteiger partial charge in [-0.25, -0.2) is 0 Å². The van der Waals surface area contributed by atoms with Crippen molar-refractivity contribution >= 4 is 23.2 Å². The van der Waals surface area contributed by atoms with Crippen molar-refractivity contribution in [2.75, 3.05) is 19.5 Å². The molecule has 0 saturated heterocycles. The van der Waals surface area contributed by atoms with Crippen LogP contribution >= 0.6 is 11.6 Å². The summed E-state index contributed by atoms with van der Waals surface area (Å²) in [7, 11) is 3.06. The first-order valence-corrected chi connectivity index (χ1v) is 4.78. The van der Waals surface area contributed by atoms with Gasteiger partial charge in [0.15, 0.2) is 0 Å². The minimum absolute atomic E-state index is 0.0848. The summed E-state index contributed by atoms with van der Waals surface area (Å²) in [4.78, 5) is 11.3. The lowest BCUT2D eigenvalue weighted by atomic mass is 10.1. The third-order valence-electron chi connectivity index (χ3n) is 2.33. The topological polar surface area (TPSA) is 47.6 Å². The molecule has 0 fully saturated rings. The third kappa shape index (κ3) is 1.51. The van der Waals surface area contributed by atoms with Crippen LogP contribution in [-0.2, 0) is 11.2 Å². The minimum Gasteiger partial charge on any atom is -0.495 e. The first-order valence-electron chi connectivity index (χ1n) is 4.40. The molecule has 0 aliphatic carbocycles. The first-order chi connectivity index (χ1) is 7.17. The zero-order valence-corrected chi connectivity index (χ0v) is 9.14. The molecule has 1 N–H and O–H groups in total. The van der Waals surface area contributed by atoms with Gasteiger partial charge in [-0.05, 0) is 0 Å². The fraction of sp³-hybridized carbons (Fsp3) is 0.300. The normalized spacial score (nSPS) is 13.4. The highest BCUT2D eigenvalue weighted by molar-refractivity contribution is 6.34. The Hall–Kier alpha value is -1.42. The summed E-state index contributed by atoms with van der Waals surface area (Å²) in [6, 6.07) is 1.66. The van der Waals surface area contributed by atoms with Crippen LogP contribution in [-0.4, -0.2) is 20.1 Å². The monoisotopic (exact) mass is 227 g/mol. The smallest absolute Gasteiger partial charge is 0.229 e. The van der Waals surface area contributed by atoms with E-state index in [0.717, 1.165) is 5.56 Å². The molecule has 0 radical (unpaired) electrons. The average molecular weight is 228 g/mol. The van der Waals surface area contributed by atoms with Crippen LogP contribution in [0.15, 0.2) is 6.07 Å². The van der Waals surface area contributed by atoms with E-state index in [1.54, 1.807) is 6.07 Å². The number of carbonyl (C=O) groups is 1. The van der Waals surface area contributed by atoms with Gasteiger partial charge in [0.2, 0.25) is 5.91 Å². The van der Waals surface area contributed by atoms with E-state index in [1.807, 2.05) is 0 Å². The number of benzene rings is 1. The second-order valence-corrected chi connectivity index (χ2v) is 3.55. The van der Waals surface area contributed by atoms with Gasteiger partial charge in [-0.1, -0.05) is 11.6 Å². The molecule has 0 unspecified atom stereocenters. The number of halogens is 1. The van der Waals surface area contributed by atoms with Crippen molar-refractivity contribution in [2.45, 2.75) is 6.42 Å². The maximum atomic E-state index is 11.3. The Morgan fingerprint density at radius 2 is 2.00 bits per heavy atom. The van der Waals surface area contributed by atoms with E-state index < -0.39 is 0 Å². The summed E-state index contributed by atoms with van der Waals surface area (Å²) >= 11 is 6.08. The molecule has 1 aromatic rings.